The van der Waals surface area contributed by atoms with Crippen molar-refractivity contribution in [2.24, 2.45) is 5.92 Å². The van der Waals surface area contributed by atoms with Crippen LogP contribution in [-0.4, -0.2) is 33.6 Å². The van der Waals surface area contributed by atoms with Crippen molar-refractivity contribution < 1.29 is 9.21 Å². The number of anilines is 1. The number of pyridine rings is 1. The average molecular weight is 325 g/mol. The second-order valence-electron chi connectivity index (χ2n) is 6.01. The summed E-state index contributed by atoms with van der Waals surface area (Å²) in [5.41, 5.74) is 0.817. The van der Waals surface area contributed by atoms with Crippen molar-refractivity contribution in [2.75, 3.05) is 18.0 Å². The summed E-state index contributed by atoms with van der Waals surface area (Å²) in [5, 5.41) is 11.4. The van der Waals surface area contributed by atoms with E-state index < -0.39 is 0 Å². The molecule has 0 saturated carbocycles. The SMILES string of the molecule is O=C(NCc1ccco1)C1CCCN(c2nnc3ccccn23)C1. The van der Waals surface area contributed by atoms with Crippen LogP contribution in [0.2, 0.25) is 0 Å². The number of nitrogens with one attached hydrogen (secondary N) is 1. The van der Waals surface area contributed by atoms with Gasteiger partial charge in [0.05, 0.1) is 18.7 Å². The van der Waals surface area contributed by atoms with Crippen LogP contribution in [0.1, 0.15) is 18.6 Å². The molecule has 7 heteroatoms. The van der Waals surface area contributed by atoms with Crippen molar-refractivity contribution in [3.05, 3.63) is 48.6 Å². The zero-order chi connectivity index (χ0) is 16.4. The number of piperidine rings is 1. The van der Waals surface area contributed by atoms with E-state index in [9.17, 15) is 4.79 Å². The fraction of sp³-hybridized carbons (Fsp3) is 0.353. The average Bonchev–Trinajstić information content (AvgIpc) is 3.29. The minimum absolute atomic E-state index is 0.0511. The molecule has 1 unspecified atom stereocenters. The Balaban J connectivity index is 1.44. The van der Waals surface area contributed by atoms with Crippen LogP contribution in [0, 0.1) is 5.92 Å². The van der Waals surface area contributed by atoms with Gasteiger partial charge in [-0.15, -0.1) is 10.2 Å². The number of hydrogen-bond acceptors (Lipinski definition) is 5. The zero-order valence-corrected chi connectivity index (χ0v) is 13.3. The summed E-state index contributed by atoms with van der Waals surface area (Å²) < 4.78 is 7.21. The van der Waals surface area contributed by atoms with E-state index in [1.165, 1.54) is 0 Å². The molecule has 124 valence electrons. The predicted molar refractivity (Wildman–Crippen MR) is 88.5 cm³/mol. The van der Waals surface area contributed by atoms with Gasteiger partial charge in [0, 0.05) is 19.3 Å². The Hall–Kier alpha value is -2.83. The third-order valence-electron chi connectivity index (χ3n) is 4.39. The highest BCUT2D eigenvalue weighted by Crippen LogP contribution is 2.22. The molecule has 0 aromatic carbocycles. The maximum atomic E-state index is 12.4. The number of rotatable bonds is 4. The first kappa shape index (κ1) is 14.7. The van der Waals surface area contributed by atoms with Gasteiger partial charge < -0.3 is 14.6 Å². The molecule has 1 fully saturated rings. The lowest BCUT2D eigenvalue weighted by molar-refractivity contribution is -0.125. The molecule has 4 heterocycles. The van der Waals surface area contributed by atoms with Gasteiger partial charge in [-0.2, -0.15) is 0 Å². The molecular weight excluding hydrogens is 306 g/mol. The van der Waals surface area contributed by atoms with Gasteiger partial charge in [-0.3, -0.25) is 9.20 Å². The van der Waals surface area contributed by atoms with Crippen LogP contribution < -0.4 is 10.2 Å². The molecular formula is C17H19N5O2. The maximum absolute atomic E-state index is 12.4. The lowest BCUT2D eigenvalue weighted by atomic mass is 9.97. The van der Waals surface area contributed by atoms with E-state index in [0.29, 0.717) is 13.1 Å². The Morgan fingerprint density at radius 2 is 2.25 bits per heavy atom. The topological polar surface area (TPSA) is 75.7 Å². The van der Waals surface area contributed by atoms with E-state index in [2.05, 4.69) is 20.4 Å². The van der Waals surface area contributed by atoms with Crippen molar-refractivity contribution in [1.82, 2.24) is 19.9 Å². The minimum atomic E-state index is -0.0511. The van der Waals surface area contributed by atoms with Gasteiger partial charge in [-0.25, -0.2) is 0 Å². The quantitative estimate of drug-likeness (QED) is 0.792. The van der Waals surface area contributed by atoms with Gasteiger partial charge in [-0.05, 0) is 37.1 Å². The Kier molecular flexibility index (Phi) is 3.90. The standard InChI is InChI=1S/C17H19N5O2/c23-16(18-11-14-6-4-10-24-14)13-5-3-8-21(12-13)17-20-19-15-7-1-2-9-22(15)17/h1-2,4,6-7,9-10,13H,3,5,8,11-12H2,(H,18,23). The molecule has 24 heavy (non-hydrogen) atoms. The number of aromatic nitrogens is 3. The van der Waals surface area contributed by atoms with Crippen LogP contribution in [0.25, 0.3) is 5.65 Å². The molecule has 4 rings (SSSR count). The summed E-state index contributed by atoms with van der Waals surface area (Å²) in [7, 11) is 0. The van der Waals surface area contributed by atoms with Gasteiger partial charge in [0.2, 0.25) is 11.9 Å². The van der Waals surface area contributed by atoms with E-state index in [4.69, 9.17) is 4.42 Å². The van der Waals surface area contributed by atoms with E-state index in [-0.39, 0.29) is 11.8 Å². The molecule has 1 saturated heterocycles. The molecule has 0 spiro atoms. The highest BCUT2D eigenvalue weighted by Gasteiger charge is 2.28. The van der Waals surface area contributed by atoms with E-state index in [1.807, 2.05) is 40.9 Å². The number of carbonyl (C=O) groups excluding carboxylic acids is 1. The van der Waals surface area contributed by atoms with Crippen LogP contribution in [0.3, 0.4) is 0 Å². The molecule has 1 aliphatic rings. The largest absolute Gasteiger partial charge is 0.467 e. The van der Waals surface area contributed by atoms with Gasteiger partial charge in [0.15, 0.2) is 5.65 Å². The number of carbonyl (C=O) groups is 1. The Bertz CT molecular complexity index is 827. The first-order valence-electron chi connectivity index (χ1n) is 8.16. The highest BCUT2D eigenvalue weighted by atomic mass is 16.3. The Morgan fingerprint density at radius 1 is 1.29 bits per heavy atom. The van der Waals surface area contributed by atoms with Crippen LogP contribution in [0.15, 0.2) is 47.2 Å². The lowest BCUT2D eigenvalue weighted by Crippen LogP contribution is -2.43. The van der Waals surface area contributed by atoms with Gasteiger partial charge >= 0.3 is 0 Å². The second kappa shape index (κ2) is 6.35. The maximum Gasteiger partial charge on any atom is 0.231 e. The number of amides is 1. The third-order valence-corrected chi connectivity index (χ3v) is 4.39. The smallest absolute Gasteiger partial charge is 0.231 e. The normalized spacial score (nSPS) is 18.0. The fourth-order valence-electron chi connectivity index (χ4n) is 3.15. The summed E-state index contributed by atoms with van der Waals surface area (Å²) in [5.74, 6) is 1.57. The molecule has 1 N–H and O–H groups in total. The molecule has 3 aromatic heterocycles. The number of hydrogen-bond donors (Lipinski definition) is 1. The van der Waals surface area contributed by atoms with Crippen LogP contribution in [0.4, 0.5) is 5.95 Å². The number of fused-ring (bicyclic) bond motifs is 1. The van der Waals surface area contributed by atoms with Crippen molar-refractivity contribution in [2.45, 2.75) is 19.4 Å². The van der Waals surface area contributed by atoms with Gasteiger partial charge in [0.25, 0.3) is 0 Å². The molecule has 0 bridgehead atoms. The summed E-state index contributed by atoms with van der Waals surface area (Å²) in [4.78, 5) is 14.6. The predicted octanol–water partition coefficient (Wildman–Crippen LogP) is 1.86. The molecule has 0 aliphatic carbocycles. The van der Waals surface area contributed by atoms with Crippen molar-refractivity contribution in [1.29, 1.82) is 0 Å². The van der Waals surface area contributed by atoms with Crippen LogP contribution in [-0.2, 0) is 11.3 Å². The van der Waals surface area contributed by atoms with E-state index >= 15 is 0 Å². The third kappa shape index (κ3) is 2.84. The Labute approximate surface area is 139 Å². The fourth-order valence-corrected chi connectivity index (χ4v) is 3.15. The van der Waals surface area contributed by atoms with Gasteiger partial charge in [-0.1, -0.05) is 6.07 Å². The molecule has 0 radical (unpaired) electrons. The van der Waals surface area contributed by atoms with Crippen molar-refractivity contribution >= 4 is 17.5 Å². The minimum Gasteiger partial charge on any atom is -0.467 e. The second-order valence-corrected chi connectivity index (χ2v) is 6.01. The first-order valence-corrected chi connectivity index (χ1v) is 8.16. The summed E-state index contributed by atoms with van der Waals surface area (Å²) in [6.07, 6.45) is 5.41. The molecule has 1 amide bonds. The molecule has 1 atom stereocenters. The summed E-state index contributed by atoms with van der Waals surface area (Å²) in [6.45, 7) is 1.97. The monoisotopic (exact) mass is 325 g/mol. The number of nitrogens with zero attached hydrogens (tertiary/aromatic N) is 4. The van der Waals surface area contributed by atoms with Crippen LogP contribution >= 0.6 is 0 Å². The Morgan fingerprint density at radius 3 is 3.12 bits per heavy atom. The van der Waals surface area contributed by atoms with Crippen molar-refractivity contribution in [3.8, 4) is 0 Å². The summed E-state index contributed by atoms with van der Waals surface area (Å²) >= 11 is 0. The van der Waals surface area contributed by atoms with E-state index in [0.717, 1.165) is 36.7 Å². The molecule has 7 nitrogen and oxygen atoms in total. The zero-order valence-electron chi connectivity index (χ0n) is 13.3. The highest BCUT2D eigenvalue weighted by molar-refractivity contribution is 5.79. The molecule has 1 aliphatic heterocycles. The van der Waals surface area contributed by atoms with Gasteiger partial charge in [0.1, 0.15) is 5.76 Å². The van der Waals surface area contributed by atoms with Crippen LogP contribution in [0.5, 0.6) is 0 Å². The molecule has 3 aromatic rings. The lowest BCUT2D eigenvalue weighted by Gasteiger charge is -2.31. The van der Waals surface area contributed by atoms with E-state index in [1.54, 1.807) is 6.26 Å². The van der Waals surface area contributed by atoms with Crippen molar-refractivity contribution in [3.63, 3.8) is 0 Å². The first-order chi connectivity index (χ1) is 11.8. The summed E-state index contributed by atoms with van der Waals surface area (Å²) in [6, 6.07) is 9.50. The number of furan rings is 1.